The second kappa shape index (κ2) is 7.34. The van der Waals surface area contributed by atoms with Crippen molar-refractivity contribution >= 4 is 39.6 Å². The molecule has 2 aromatic heterocycles. The molecule has 0 bridgehead atoms. The Bertz CT molecular complexity index is 1370. The molecule has 1 amide bonds. The highest BCUT2D eigenvalue weighted by Crippen LogP contribution is 2.30. The summed E-state index contributed by atoms with van der Waals surface area (Å²) in [4.78, 5) is 27.4. The Morgan fingerprint density at radius 2 is 1.87 bits per heavy atom. The Labute approximate surface area is 171 Å². The predicted octanol–water partition coefficient (Wildman–Crippen LogP) is 3.65. The Kier molecular flexibility index (Phi) is 4.69. The van der Waals surface area contributed by atoms with Crippen molar-refractivity contribution in [3.63, 3.8) is 0 Å². The highest BCUT2D eigenvalue weighted by Gasteiger charge is 2.16. The van der Waals surface area contributed by atoms with Crippen LogP contribution in [0.5, 0.6) is 0 Å². The summed E-state index contributed by atoms with van der Waals surface area (Å²) in [7, 11) is 0. The quantitative estimate of drug-likeness (QED) is 0.301. The summed E-state index contributed by atoms with van der Waals surface area (Å²) in [5.74, 6) is 0.544. The molecule has 2 aromatic carbocycles. The Hall–Kier alpha value is -4.17. The molecule has 0 spiro atoms. The third-order valence-electron chi connectivity index (χ3n) is 5.07. The van der Waals surface area contributed by atoms with Gasteiger partial charge in [-0.05, 0) is 59.9 Å². The molecule has 0 fully saturated rings. The molecule has 4 N–H and O–H groups in total. The fourth-order valence-corrected chi connectivity index (χ4v) is 3.45. The van der Waals surface area contributed by atoms with E-state index in [1.807, 2.05) is 48.7 Å². The smallest absolute Gasteiger partial charge is 0.222 e. The molecule has 4 aromatic rings. The van der Waals surface area contributed by atoms with Crippen LogP contribution in [-0.2, 0) is 11.3 Å². The van der Waals surface area contributed by atoms with Crippen LogP contribution in [0, 0.1) is 13.8 Å². The molecule has 0 aliphatic heterocycles. The third kappa shape index (κ3) is 3.36. The summed E-state index contributed by atoms with van der Waals surface area (Å²) >= 11 is 0. The number of carbonyl (C=O) groups is 1. The van der Waals surface area contributed by atoms with E-state index in [-0.39, 0.29) is 12.4 Å². The summed E-state index contributed by atoms with van der Waals surface area (Å²) in [6.45, 7) is 4.37. The Balaban J connectivity index is 1.90. The normalized spacial score (nSPS) is 11.0. The molecule has 150 valence electrons. The molecule has 0 saturated carbocycles. The number of aryl methyl sites for hydroxylation is 3. The maximum Gasteiger partial charge on any atom is 0.222 e. The predicted molar refractivity (Wildman–Crippen MR) is 115 cm³/mol. The van der Waals surface area contributed by atoms with Crippen molar-refractivity contribution in [3.05, 3.63) is 51.9 Å². The van der Waals surface area contributed by atoms with E-state index in [0.717, 1.165) is 27.7 Å². The lowest BCUT2D eigenvalue weighted by molar-refractivity contribution is -0.118. The number of azide groups is 1. The van der Waals surface area contributed by atoms with E-state index in [2.05, 4.69) is 20.0 Å². The van der Waals surface area contributed by atoms with Gasteiger partial charge >= 0.3 is 0 Å². The molecule has 0 saturated heterocycles. The lowest BCUT2D eigenvalue weighted by Gasteiger charge is -2.10. The van der Waals surface area contributed by atoms with Crippen molar-refractivity contribution in [1.29, 1.82) is 0 Å². The number of carbonyl (C=O) groups excluding carboxylic acids is 1. The van der Waals surface area contributed by atoms with Gasteiger partial charge in [-0.25, -0.2) is 9.97 Å². The summed E-state index contributed by atoms with van der Waals surface area (Å²) in [6.07, 6.45) is 0.0606. The fraction of sp³-hybridized carbons (Fsp3) is 0.200. The molecular formula is C20H19N9O. The number of aromatic nitrogens is 4. The zero-order chi connectivity index (χ0) is 21.4. The van der Waals surface area contributed by atoms with Crippen molar-refractivity contribution in [2.45, 2.75) is 26.8 Å². The minimum atomic E-state index is -0.527. The number of nitrogens with two attached hydrogens (primary N) is 2. The fourth-order valence-electron chi connectivity index (χ4n) is 3.45. The molecule has 30 heavy (non-hydrogen) atoms. The summed E-state index contributed by atoms with van der Waals surface area (Å²) < 4.78 is 1.95. The number of anilines is 2. The van der Waals surface area contributed by atoms with Crippen LogP contribution in [0.4, 0.5) is 11.8 Å². The monoisotopic (exact) mass is 401 g/mol. The lowest BCUT2D eigenvalue weighted by Crippen LogP contribution is -2.05. The van der Waals surface area contributed by atoms with E-state index in [9.17, 15) is 4.79 Å². The van der Waals surface area contributed by atoms with Gasteiger partial charge in [-0.1, -0.05) is 6.07 Å². The molecule has 4 rings (SSSR count). The topological polar surface area (TPSA) is 161 Å². The number of rotatable bonds is 4. The third-order valence-corrected chi connectivity index (χ3v) is 5.07. The number of hydrogen-bond acceptors (Lipinski definition) is 6. The van der Waals surface area contributed by atoms with Crippen LogP contribution < -0.4 is 11.5 Å². The Morgan fingerprint density at radius 3 is 2.63 bits per heavy atom. The molecular weight excluding hydrogens is 382 g/mol. The largest absolute Gasteiger partial charge is 0.383 e. The first-order chi connectivity index (χ1) is 14.4. The second-order valence-electron chi connectivity index (χ2n) is 7.04. The van der Waals surface area contributed by atoms with Gasteiger partial charge in [0.05, 0.1) is 16.6 Å². The zero-order valence-electron chi connectivity index (χ0n) is 16.5. The van der Waals surface area contributed by atoms with Crippen LogP contribution in [0.3, 0.4) is 0 Å². The maximum atomic E-state index is 11.8. The summed E-state index contributed by atoms with van der Waals surface area (Å²) in [5.41, 5.74) is 25.5. The van der Waals surface area contributed by atoms with Crippen molar-refractivity contribution in [2.75, 3.05) is 11.5 Å². The molecule has 0 aliphatic carbocycles. The number of imidazole rings is 1. The molecule has 0 radical (unpaired) electrons. The highest BCUT2D eigenvalue weighted by molar-refractivity contribution is 5.92. The van der Waals surface area contributed by atoms with Crippen LogP contribution in [0.1, 0.15) is 17.5 Å². The highest BCUT2D eigenvalue weighted by atomic mass is 16.1. The van der Waals surface area contributed by atoms with Gasteiger partial charge in [-0.2, -0.15) is 4.98 Å². The summed E-state index contributed by atoms with van der Waals surface area (Å²) in [6, 6.07) is 9.60. The van der Waals surface area contributed by atoms with Crippen LogP contribution in [0.15, 0.2) is 35.4 Å². The number of benzene rings is 2. The van der Waals surface area contributed by atoms with E-state index in [0.29, 0.717) is 29.1 Å². The number of nitrogens with zero attached hydrogens (tertiary/aromatic N) is 7. The van der Waals surface area contributed by atoms with Crippen LogP contribution in [0.25, 0.3) is 43.8 Å². The van der Waals surface area contributed by atoms with Gasteiger partial charge in [0, 0.05) is 28.8 Å². The molecule has 2 heterocycles. The molecule has 10 nitrogen and oxygen atoms in total. The van der Waals surface area contributed by atoms with Gasteiger partial charge < -0.3 is 16.0 Å². The van der Waals surface area contributed by atoms with E-state index in [1.54, 1.807) is 0 Å². The van der Waals surface area contributed by atoms with Gasteiger partial charge in [0.15, 0.2) is 0 Å². The Morgan fingerprint density at radius 1 is 1.10 bits per heavy atom. The van der Waals surface area contributed by atoms with Crippen LogP contribution >= 0.6 is 0 Å². The van der Waals surface area contributed by atoms with E-state index in [1.165, 1.54) is 0 Å². The molecule has 0 unspecified atom stereocenters. The number of amides is 1. The standard InChI is InChI=1S/C20H19N9O/c1-10-7-15-16(8-11(10)2)29(6-5-17(30)27-28-23)19(24-15)12-3-4-13-14(9-12)25-20(22)26-18(13)21/h3-4,7-9H,5-6H2,1-2H3,(H4,21,22,25,26). The average molecular weight is 401 g/mol. The number of hydrogen-bond donors (Lipinski definition) is 2. The summed E-state index contributed by atoms with van der Waals surface area (Å²) in [5, 5.41) is 3.86. The molecule has 0 atom stereocenters. The molecule has 0 aliphatic rings. The average Bonchev–Trinajstić information content (AvgIpc) is 3.03. The van der Waals surface area contributed by atoms with Crippen LogP contribution in [-0.4, -0.2) is 25.4 Å². The SMILES string of the molecule is Cc1cc2nc(-c3ccc4c(N)nc(N)nc4c3)n(CCC(=O)N=[N+]=[N-])c2cc1C. The first kappa shape index (κ1) is 19.2. The van der Waals surface area contributed by atoms with Gasteiger partial charge in [-0.3, -0.25) is 4.79 Å². The van der Waals surface area contributed by atoms with Gasteiger partial charge in [0.25, 0.3) is 0 Å². The van der Waals surface area contributed by atoms with E-state index < -0.39 is 5.91 Å². The van der Waals surface area contributed by atoms with E-state index in [4.69, 9.17) is 22.0 Å². The van der Waals surface area contributed by atoms with Crippen molar-refractivity contribution in [1.82, 2.24) is 19.5 Å². The zero-order valence-corrected chi connectivity index (χ0v) is 16.5. The van der Waals surface area contributed by atoms with Gasteiger partial charge in [-0.15, -0.1) is 0 Å². The molecule has 10 heteroatoms. The first-order valence-electron chi connectivity index (χ1n) is 9.26. The number of fused-ring (bicyclic) bond motifs is 2. The maximum absolute atomic E-state index is 11.8. The minimum absolute atomic E-state index is 0.0606. The van der Waals surface area contributed by atoms with Crippen molar-refractivity contribution in [2.24, 2.45) is 5.11 Å². The van der Waals surface area contributed by atoms with E-state index >= 15 is 0 Å². The van der Waals surface area contributed by atoms with Gasteiger partial charge in [0.1, 0.15) is 11.6 Å². The minimum Gasteiger partial charge on any atom is -0.383 e. The first-order valence-corrected chi connectivity index (χ1v) is 9.26. The second-order valence-corrected chi connectivity index (χ2v) is 7.04. The van der Waals surface area contributed by atoms with Crippen LogP contribution in [0.2, 0.25) is 0 Å². The van der Waals surface area contributed by atoms with Crippen molar-refractivity contribution in [3.8, 4) is 11.4 Å². The number of nitrogen functional groups attached to an aromatic ring is 2. The van der Waals surface area contributed by atoms with Crippen molar-refractivity contribution < 1.29 is 4.79 Å². The lowest BCUT2D eigenvalue weighted by atomic mass is 10.1. The van der Waals surface area contributed by atoms with Gasteiger partial charge in [0.2, 0.25) is 11.9 Å².